The van der Waals surface area contributed by atoms with E-state index in [9.17, 15) is 9.59 Å². The van der Waals surface area contributed by atoms with E-state index in [-0.39, 0.29) is 12.6 Å². The molecule has 0 aliphatic carbocycles. The molecule has 0 radical (unpaired) electrons. The van der Waals surface area contributed by atoms with Gasteiger partial charge in [-0.3, -0.25) is 4.79 Å². The summed E-state index contributed by atoms with van der Waals surface area (Å²) in [5.74, 6) is -1.50. The number of ether oxygens (including phenoxy) is 2. The van der Waals surface area contributed by atoms with Crippen molar-refractivity contribution in [1.29, 1.82) is 0 Å². The second-order valence-electron chi connectivity index (χ2n) is 3.11. The van der Waals surface area contributed by atoms with Crippen LogP contribution in [0.2, 0.25) is 0 Å². The molecule has 1 heterocycles. The first-order chi connectivity index (χ1) is 6.74. The van der Waals surface area contributed by atoms with Crippen molar-refractivity contribution in [3.8, 4) is 0 Å². The number of carbonyl (C=O) groups excluding carboxylic acids is 2. The normalized spacial score (nSPS) is 21.4. The van der Waals surface area contributed by atoms with Gasteiger partial charge in [-0.05, 0) is 19.8 Å². The second kappa shape index (κ2) is 5.59. The molecule has 1 amide bonds. The summed E-state index contributed by atoms with van der Waals surface area (Å²) in [6, 6.07) is -0.0549. The third-order valence-corrected chi connectivity index (χ3v) is 1.96. The highest BCUT2D eigenvalue weighted by atomic mass is 16.5. The molecule has 0 saturated carbocycles. The summed E-state index contributed by atoms with van der Waals surface area (Å²) in [4.78, 5) is 22.1. The van der Waals surface area contributed by atoms with Crippen LogP contribution in [0.5, 0.6) is 0 Å². The zero-order valence-electron chi connectivity index (χ0n) is 8.25. The van der Waals surface area contributed by atoms with Crippen molar-refractivity contribution in [2.45, 2.75) is 25.8 Å². The van der Waals surface area contributed by atoms with E-state index in [0.717, 1.165) is 19.4 Å². The highest BCUT2D eigenvalue weighted by Crippen LogP contribution is 2.05. The van der Waals surface area contributed by atoms with Crippen LogP contribution in [-0.2, 0) is 19.1 Å². The summed E-state index contributed by atoms with van der Waals surface area (Å²) < 4.78 is 9.71. The maximum Gasteiger partial charge on any atom is 0.396 e. The molecule has 1 atom stereocenters. The lowest BCUT2D eigenvalue weighted by atomic mass is 10.1. The Kier molecular flexibility index (Phi) is 4.39. The van der Waals surface area contributed by atoms with Gasteiger partial charge in [0.05, 0.1) is 19.3 Å². The third kappa shape index (κ3) is 3.33. The zero-order valence-corrected chi connectivity index (χ0v) is 8.25. The Labute approximate surface area is 82.8 Å². The summed E-state index contributed by atoms with van der Waals surface area (Å²) in [7, 11) is 0. The van der Waals surface area contributed by atoms with E-state index in [1.807, 2.05) is 0 Å². The van der Waals surface area contributed by atoms with Gasteiger partial charge < -0.3 is 14.8 Å². The number of hydrogen-bond donors (Lipinski definition) is 1. The molecular weight excluding hydrogens is 186 g/mol. The Bertz CT molecular complexity index is 211. The van der Waals surface area contributed by atoms with Crippen molar-refractivity contribution in [3.05, 3.63) is 0 Å². The highest BCUT2D eigenvalue weighted by molar-refractivity contribution is 6.32. The fourth-order valence-electron chi connectivity index (χ4n) is 1.30. The average Bonchev–Trinajstić information content (AvgIpc) is 2.19. The fourth-order valence-corrected chi connectivity index (χ4v) is 1.30. The van der Waals surface area contributed by atoms with E-state index in [0.29, 0.717) is 6.61 Å². The molecule has 0 aromatic carbocycles. The van der Waals surface area contributed by atoms with Crippen LogP contribution in [-0.4, -0.2) is 37.7 Å². The van der Waals surface area contributed by atoms with Gasteiger partial charge in [0.2, 0.25) is 0 Å². The van der Waals surface area contributed by atoms with E-state index in [2.05, 4.69) is 10.1 Å². The van der Waals surface area contributed by atoms with Gasteiger partial charge in [0.25, 0.3) is 0 Å². The lowest BCUT2D eigenvalue weighted by molar-refractivity contribution is -0.155. The Morgan fingerprint density at radius 1 is 1.57 bits per heavy atom. The molecule has 1 aliphatic rings. The molecule has 0 aromatic rings. The van der Waals surface area contributed by atoms with Crippen LogP contribution in [0.1, 0.15) is 19.8 Å². The monoisotopic (exact) mass is 201 g/mol. The maximum atomic E-state index is 11.2. The first-order valence-electron chi connectivity index (χ1n) is 4.79. The largest absolute Gasteiger partial charge is 0.459 e. The van der Waals surface area contributed by atoms with Crippen molar-refractivity contribution in [1.82, 2.24) is 5.32 Å². The number of nitrogens with one attached hydrogen (secondary N) is 1. The van der Waals surface area contributed by atoms with Gasteiger partial charge in [0, 0.05) is 6.61 Å². The van der Waals surface area contributed by atoms with Crippen LogP contribution in [0.4, 0.5) is 0 Å². The lowest BCUT2D eigenvalue weighted by Crippen LogP contribution is -2.44. The molecule has 0 bridgehead atoms. The molecule has 1 aliphatic heterocycles. The quantitative estimate of drug-likeness (QED) is 0.498. The van der Waals surface area contributed by atoms with Crippen molar-refractivity contribution < 1.29 is 19.1 Å². The SMILES string of the molecule is CCOC(=O)C(=O)NC1CCCOC1. The van der Waals surface area contributed by atoms with Crippen LogP contribution in [0, 0.1) is 0 Å². The molecule has 1 N–H and O–H groups in total. The minimum Gasteiger partial charge on any atom is -0.459 e. The molecule has 1 rings (SSSR count). The summed E-state index contributed by atoms with van der Waals surface area (Å²) >= 11 is 0. The summed E-state index contributed by atoms with van der Waals surface area (Å²) in [6.45, 7) is 3.08. The van der Waals surface area contributed by atoms with Crippen molar-refractivity contribution in [2.75, 3.05) is 19.8 Å². The third-order valence-electron chi connectivity index (χ3n) is 1.96. The van der Waals surface area contributed by atoms with Gasteiger partial charge in [-0.1, -0.05) is 0 Å². The molecule has 80 valence electrons. The number of hydrogen-bond acceptors (Lipinski definition) is 4. The Morgan fingerprint density at radius 3 is 2.93 bits per heavy atom. The Hall–Kier alpha value is -1.10. The predicted octanol–water partition coefficient (Wildman–Crippen LogP) is -0.155. The molecule has 0 spiro atoms. The Morgan fingerprint density at radius 2 is 2.36 bits per heavy atom. The van der Waals surface area contributed by atoms with Crippen LogP contribution in [0.25, 0.3) is 0 Å². The van der Waals surface area contributed by atoms with E-state index in [1.165, 1.54) is 0 Å². The van der Waals surface area contributed by atoms with Gasteiger partial charge >= 0.3 is 11.9 Å². The minimum atomic E-state index is -0.821. The van der Waals surface area contributed by atoms with E-state index in [1.54, 1.807) is 6.92 Å². The number of amides is 1. The van der Waals surface area contributed by atoms with Crippen molar-refractivity contribution in [2.24, 2.45) is 0 Å². The highest BCUT2D eigenvalue weighted by Gasteiger charge is 2.21. The van der Waals surface area contributed by atoms with E-state index in [4.69, 9.17) is 4.74 Å². The number of carbonyl (C=O) groups is 2. The molecule has 14 heavy (non-hydrogen) atoms. The molecule has 1 saturated heterocycles. The van der Waals surface area contributed by atoms with Gasteiger partial charge in [0.15, 0.2) is 0 Å². The maximum absolute atomic E-state index is 11.2. The van der Waals surface area contributed by atoms with E-state index >= 15 is 0 Å². The van der Waals surface area contributed by atoms with Crippen LogP contribution < -0.4 is 5.32 Å². The summed E-state index contributed by atoms with van der Waals surface area (Å²) in [5.41, 5.74) is 0. The topological polar surface area (TPSA) is 64.6 Å². The van der Waals surface area contributed by atoms with Crippen molar-refractivity contribution >= 4 is 11.9 Å². The first kappa shape index (κ1) is 11.0. The Balaban J connectivity index is 2.28. The molecule has 1 unspecified atom stereocenters. The minimum absolute atomic E-state index is 0.0549. The van der Waals surface area contributed by atoms with Gasteiger partial charge in [-0.15, -0.1) is 0 Å². The predicted molar refractivity (Wildman–Crippen MR) is 48.6 cm³/mol. The van der Waals surface area contributed by atoms with Gasteiger partial charge in [-0.2, -0.15) is 0 Å². The van der Waals surface area contributed by atoms with Crippen LogP contribution >= 0.6 is 0 Å². The molecule has 1 fully saturated rings. The summed E-state index contributed by atoms with van der Waals surface area (Å²) in [6.07, 6.45) is 1.76. The second-order valence-corrected chi connectivity index (χ2v) is 3.11. The zero-order chi connectivity index (χ0) is 10.4. The lowest BCUT2D eigenvalue weighted by Gasteiger charge is -2.22. The number of rotatable bonds is 2. The average molecular weight is 201 g/mol. The fraction of sp³-hybridized carbons (Fsp3) is 0.778. The van der Waals surface area contributed by atoms with Gasteiger partial charge in [-0.25, -0.2) is 4.79 Å². The van der Waals surface area contributed by atoms with Crippen LogP contribution in [0.3, 0.4) is 0 Å². The molecule has 5 nitrogen and oxygen atoms in total. The first-order valence-corrected chi connectivity index (χ1v) is 4.79. The van der Waals surface area contributed by atoms with E-state index < -0.39 is 11.9 Å². The smallest absolute Gasteiger partial charge is 0.396 e. The number of esters is 1. The van der Waals surface area contributed by atoms with Gasteiger partial charge in [0.1, 0.15) is 0 Å². The standard InChI is InChI=1S/C9H15NO4/c1-2-14-9(12)8(11)10-7-4-3-5-13-6-7/h7H,2-6H2,1H3,(H,10,11). The molecule has 0 aromatic heterocycles. The summed E-state index contributed by atoms with van der Waals surface area (Å²) in [5, 5.41) is 2.56. The van der Waals surface area contributed by atoms with Crippen LogP contribution in [0.15, 0.2) is 0 Å². The molecule has 5 heteroatoms. The van der Waals surface area contributed by atoms with Crippen molar-refractivity contribution in [3.63, 3.8) is 0 Å². The molecular formula is C9H15NO4.